The maximum absolute atomic E-state index is 12.6. The molecule has 3 aromatic carbocycles. The monoisotopic (exact) mass is 462 g/mol. The van der Waals surface area contributed by atoms with Gasteiger partial charge in [0.15, 0.2) is 10.6 Å². The van der Waals surface area contributed by atoms with E-state index in [9.17, 15) is 28.2 Å². The molecule has 0 saturated carbocycles. The van der Waals surface area contributed by atoms with Crippen molar-refractivity contribution in [2.45, 2.75) is 17.9 Å². The van der Waals surface area contributed by atoms with Crippen molar-refractivity contribution in [3.8, 4) is 11.5 Å². The Morgan fingerprint density at radius 1 is 1.06 bits per heavy atom. The van der Waals surface area contributed by atoms with Crippen LogP contribution in [0.5, 0.6) is 11.5 Å². The lowest BCUT2D eigenvalue weighted by molar-refractivity contribution is -0.0260. The van der Waals surface area contributed by atoms with Gasteiger partial charge in [-0.1, -0.05) is 34.8 Å². The highest BCUT2D eigenvalue weighted by atomic mass is 32.2. The number of phenolic OH excluding ortho intramolecular Hbond substituents is 2. The quantitative estimate of drug-likeness (QED) is 0.216. The van der Waals surface area contributed by atoms with E-state index in [0.29, 0.717) is 9.48 Å². The summed E-state index contributed by atoms with van der Waals surface area (Å²) in [6, 6.07) is 10.9. The minimum atomic E-state index is -4.47. The lowest BCUT2D eigenvalue weighted by Gasteiger charge is -2.26. The van der Waals surface area contributed by atoms with Crippen molar-refractivity contribution < 1.29 is 23.5 Å². The Morgan fingerprint density at radius 2 is 1.69 bits per heavy atom. The van der Waals surface area contributed by atoms with Gasteiger partial charge in [0.25, 0.3) is 20.9 Å². The summed E-state index contributed by atoms with van der Waals surface area (Å²) >= 11 is 0. The molecule has 0 fully saturated rings. The second-order valence-corrected chi connectivity index (χ2v) is 8.78. The van der Waals surface area contributed by atoms with Gasteiger partial charge in [0.2, 0.25) is 0 Å². The van der Waals surface area contributed by atoms with Crippen molar-refractivity contribution in [2.24, 2.45) is 5.84 Å². The van der Waals surface area contributed by atoms with Crippen LogP contribution >= 0.6 is 0 Å². The van der Waals surface area contributed by atoms with Gasteiger partial charge in [0.1, 0.15) is 22.8 Å². The zero-order valence-electron chi connectivity index (χ0n) is 17.4. The van der Waals surface area contributed by atoms with E-state index in [2.05, 4.69) is 10.2 Å². The number of benzene rings is 2. The highest BCUT2D eigenvalue weighted by molar-refractivity contribution is 7.89. The van der Waals surface area contributed by atoms with Gasteiger partial charge in [-0.05, 0) is 24.6 Å². The molecule has 0 aliphatic carbocycles. The number of hydrazine groups is 1. The molecule has 0 spiro atoms. The van der Waals surface area contributed by atoms with Crippen LogP contribution in [0.15, 0.2) is 56.9 Å². The number of rotatable bonds is 8. The summed E-state index contributed by atoms with van der Waals surface area (Å²) in [4.78, 5) is 28.2. The van der Waals surface area contributed by atoms with Crippen LogP contribution in [0, 0.1) is 0 Å². The van der Waals surface area contributed by atoms with E-state index in [1.165, 1.54) is 0 Å². The Labute approximate surface area is 183 Å². The fraction of sp³-hybridized carbons (Fsp3) is 0.200. The lowest BCUT2D eigenvalue weighted by Crippen LogP contribution is -2.44. The normalized spacial score (nSPS) is 12.8. The highest BCUT2D eigenvalue weighted by Crippen LogP contribution is 2.42. The first kappa shape index (κ1) is 23.2. The second-order valence-electron chi connectivity index (χ2n) is 6.91. The number of hydrogen-bond donors (Lipinski definition) is 4. The van der Waals surface area contributed by atoms with Crippen molar-refractivity contribution in [1.82, 2.24) is 4.47 Å². The molecule has 0 bridgehead atoms. The maximum Gasteiger partial charge on any atom is 0.272 e. The van der Waals surface area contributed by atoms with Gasteiger partial charge < -0.3 is 15.5 Å². The Morgan fingerprint density at radius 3 is 2.28 bits per heavy atom. The number of aromatic hydroxyl groups is 2. The number of hydrogen-bond acceptors (Lipinski definition) is 10. The molecule has 11 nitrogen and oxygen atoms in total. The van der Waals surface area contributed by atoms with E-state index in [1.54, 1.807) is 6.92 Å². The molecule has 0 aliphatic rings. The van der Waals surface area contributed by atoms with E-state index in [-0.39, 0.29) is 23.1 Å². The molecule has 32 heavy (non-hydrogen) atoms. The van der Waals surface area contributed by atoms with Gasteiger partial charge in [-0.2, -0.15) is 0 Å². The van der Waals surface area contributed by atoms with Crippen LogP contribution in [0.25, 0.3) is 0 Å². The van der Waals surface area contributed by atoms with Crippen LogP contribution in [0.4, 0.5) is 17.1 Å². The first-order chi connectivity index (χ1) is 15.0. The minimum Gasteiger partial charge on any atom is -0.506 e. The third-order valence-corrected chi connectivity index (χ3v) is 6.73. The van der Waals surface area contributed by atoms with Crippen LogP contribution < -0.4 is 27.0 Å². The summed E-state index contributed by atoms with van der Waals surface area (Å²) < 4.78 is 25.6. The van der Waals surface area contributed by atoms with Crippen molar-refractivity contribution in [3.63, 3.8) is 0 Å². The van der Waals surface area contributed by atoms with Gasteiger partial charge in [0.05, 0.1) is 7.11 Å². The molecule has 0 amide bonds. The predicted octanol–water partition coefficient (Wildman–Crippen LogP) is 1.06. The maximum atomic E-state index is 12.6. The molecule has 170 valence electrons. The van der Waals surface area contributed by atoms with E-state index < -0.39 is 37.3 Å². The molecule has 0 aromatic heterocycles. The van der Waals surface area contributed by atoms with Gasteiger partial charge in [-0.3, -0.25) is 19.4 Å². The van der Waals surface area contributed by atoms with Crippen molar-refractivity contribution in [2.75, 3.05) is 24.5 Å². The Bertz CT molecular complexity index is 1320. The lowest BCUT2D eigenvalue weighted by atomic mass is 10.1. The third kappa shape index (κ3) is 3.80. The predicted molar refractivity (Wildman–Crippen MR) is 118 cm³/mol. The molecular formula is C20H22N4O7S. The van der Waals surface area contributed by atoms with E-state index in [0.717, 1.165) is 31.9 Å². The molecule has 0 unspecified atom stereocenters. The molecule has 0 heterocycles. The van der Waals surface area contributed by atoms with Crippen LogP contribution in [-0.2, 0) is 14.9 Å². The van der Waals surface area contributed by atoms with Crippen LogP contribution in [0.2, 0.25) is 0 Å². The zero-order valence-corrected chi connectivity index (χ0v) is 18.3. The highest BCUT2D eigenvalue weighted by Gasteiger charge is 2.33. The number of nitrogens with two attached hydrogens (primary N) is 1. The summed E-state index contributed by atoms with van der Waals surface area (Å²) in [6.07, 6.45) is 0. The molecule has 0 aliphatic heterocycles. The van der Waals surface area contributed by atoms with Gasteiger partial charge >= 0.3 is 0 Å². The minimum absolute atomic E-state index is 0.0836. The first-order valence-corrected chi connectivity index (χ1v) is 10.7. The number of phenols is 2. The Kier molecular flexibility index (Phi) is 6.23. The first-order valence-electron chi connectivity index (χ1n) is 9.30. The molecular weight excluding hydrogens is 440 g/mol. The molecule has 12 heteroatoms. The smallest absolute Gasteiger partial charge is 0.272 e. The summed E-state index contributed by atoms with van der Waals surface area (Å²) in [5.74, 6) is 4.33. The van der Waals surface area contributed by atoms with Crippen LogP contribution in [0.3, 0.4) is 0 Å². The topological polar surface area (TPSA) is 162 Å². The van der Waals surface area contributed by atoms with Crippen molar-refractivity contribution >= 4 is 27.1 Å². The van der Waals surface area contributed by atoms with Gasteiger partial charge in [-0.15, -0.1) is 0 Å². The fourth-order valence-corrected chi connectivity index (χ4v) is 4.27. The molecule has 3 aromatic rings. The van der Waals surface area contributed by atoms with E-state index in [4.69, 9.17) is 5.84 Å². The van der Waals surface area contributed by atoms with Gasteiger partial charge in [0, 0.05) is 13.1 Å². The van der Waals surface area contributed by atoms with Gasteiger partial charge in [-0.25, -0.2) is 14.3 Å². The molecule has 0 radical (unpaired) electrons. The van der Waals surface area contributed by atoms with Crippen molar-refractivity contribution in [1.29, 1.82) is 0 Å². The molecule has 1 atom stereocenters. The van der Waals surface area contributed by atoms with Crippen molar-refractivity contribution in [3.05, 3.63) is 68.5 Å². The summed E-state index contributed by atoms with van der Waals surface area (Å²) in [6.45, 7) is 1.78. The number of nitrogens with zero attached hydrogens (tertiary/aromatic N) is 2. The van der Waals surface area contributed by atoms with Crippen LogP contribution in [-0.4, -0.2) is 37.3 Å². The number of hydroxylamine groups is 1. The van der Waals surface area contributed by atoms with Crippen LogP contribution in [0.1, 0.15) is 18.5 Å². The zero-order chi connectivity index (χ0) is 23.8. The fourth-order valence-electron chi connectivity index (χ4n) is 3.13. The average Bonchev–Trinajstić information content (AvgIpc) is 2.77. The largest absolute Gasteiger partial charge is 0.506 e. The van der Waals surface area contributed by atoms with E-state index in [1.807, 2.05) is 30.3 Å². The summed E-state index contributed by atoms with van der Waals surface area (Å²) in [5.41, 5.74) is -1.54. The Balaban J connectivity index is 2.04. The standard InChI is InChI=1S/C20H22N4O7S/c1-11(12-7-5-4-6-8-12)22-15-16(19(28)18(15)27)24(21)13-9-10-14(25)20(17(13)26)32(29,30)23(2)31-3/h4-11,22,25-26H,21H2,1-3H3/t11-/m0/s1. The Hall–Kier alpha value is -3.45. The SMILES string of the molecule is CON(C)S(=O)(=O)c1c(O)ccc(N(N)c2c(N[C@@H](C)c3ccccc3)c(=O)c2=O)c1O. The third-order valence-electron chi connectivity index (χ3n) is 4.99. The van der Waals surface area contributed by atoms with E-state index >= 15 is 0 Å². The number of nitrogens with one attached hydrogen (secondary N) is 1. The molecule has 5 N–H and O–H groups in total. The molecule has 0 saturated heterocycles. The number of anilines is 3. The number of sulfonamides is 1. The molecule has 3 rings (SSSR count). The second kappa shape index (κ2) is 8.59. The average molecular weight is 462 g/mol. The summed E-state index contributed by atoms with van der Waals surface area (Å²) in [5, 5.41) is 24.3. The summed E-state index contributed by atoms with van der Waals surface area (Å²) in [7, 11) is -2.32.